The zero-order valence-electron chi connectivity index (χ0n) is 12.7. The summed E-state index contributed by atoms with van der Waals surface area (Å²) in [6.45, 7) is 2.17. The molecule has 0 unspecified atom stereocenters. The zero-order chi connectivity index (χ0) is 15.8. The second-order valence-electron chi connectivity index (χ2n) is 5.17. The summed E-state index contributed by atoms with van der Waals surface area (Å²) >= 11 is 0. The number of rotatable bonds is 6. The third-order valence-electron chi connectivity index (χ3n) is 3.34. The Morgan fingerprint density at radius 2 is 1.77 bits per heavy atom. The van der Waals surface area contributed by atoms with Crippen molar-refractivity contribution in [2.75, 3.05) is 5.32 Å². The summed E-state index contributed by atoms with van der Waals surface area (Å²) in [6, 6.07) is 13.9. The number of carbonyl (C=O) groups excluding carboxylic acids is 1. The van der Waals surface area contributed by atoms with Gasteiger partial charge in [-0.3, -0.25) is 4.79 Å². The molecular formula is C19H20FNO. The first-order valence-corrected chi connectivity index (χ1v) is 7.51. The zero-order valence-corrected chi connectivity index (χ0v) is 12.7. The first-order chi connectivity index (χ1) is 10.7. The SMILES string of the molecule is CCCCc1ccc(NC(=O)/C=C/c2ccc(F)cc2)cc1. The van der Waals surface area contributed by atoms with Crippen LogP contribution in [0.15, 0.2) is 54.6 Å². The molecule has 0 aliphatic carbocycles. The minimum Gasteiger partial charge on any atom is -0.323 e. The van der Waals surface area contributed by atoms with Crippen LogP contribution in [0.5, 0.6) is 0 Å². The number of unbranched alkanes of at least 4 members (excludes halogenated alkanes) is 1. The first kappa shape index (κ1) is 16.0. The van der Waals surface area contributed by atoms with Crippen molar-refractivity contribution in [3.8, 4) is 0 Å². The Kier molecular flexibility index (Phi) is 5.90. The van der Waals surface area contributed by atoms with Crippen molar-refractivity contribution in [3.05, 3.63) is 71.6 Å². The van der Waals surface area contributed by atoms with E-state index in [9.17, 15) is 9.18 Å². The number of benzene rings is 2. The molecule has 0 heterocycles. The van der Waals surface area contributed by atoms with Gasteiger partial charge in [0.25, 0.3) is 0 Å². The predicted octanol–water partition coefficient (Wildman–Crippen LogP) is 4.82. The van der Waals surface area contributed by atoms with Crippen LogP contribution in [0.3, 0.4) is 0 Å². The maximum atomic E-state index is 12.8. The molecule has 0 aliphatic heterocycles. The van der Waals surface area contributed by atoms with E-state index in [1.807, 2.05) is 24.3 Å². The molecule has 1 N–H and O–H groups in total. The van der Waals surface area contributed by atoms with Crippen molar-refractivity contribution in [3.63, 3.8) is 0 Å². The van der Waals surface area contributed by atoms with Gasteiger partial charge < -0.3 is 5.32 Å². The van der Waals surface area contributed by atoms with Crippen molar-refractivity contribution >= 4 is 17.7 Å². The molecule has 2 nitrogen and oxygen atoms in total. The molecule has 22 heavy (non-hydrogen) atoms. The second-order valence-corrected chi connectivity index (χ2v) is 5.17. The van der Waals surface area contributed by atoms with Crippen LogP contribution in [0.2, 0.25) is 0 Å². The van der Waals surface area contributed by atoms with E-state index in [4.69, 9.17) is 0 Å². The van der Waals surface area contributed by atoms with Crippen LogP contribution in [-0.4, -0.2) is 5.91 Å². The van der Waals surface area contributed by atoms with E-state index >= 15 is 0 Å². The van der Waals surface area contributed by atoms with Crippen LogP contribution in [0.25, 0.3) is 6.08 Å². The number of hydrogen-bond donors (Lipinski definition) is 1. The van der Waals surface area contributed by atoms with Crippen molar-refractivity contribution in [2.24, 2.45) is 0 Å². The molecule has 2 aromatic rings. The van der Waals surface area contributed by atoms with E-state index in [2.05, 4.69) is 12.2 Å². The summed E-state index contributed by atoms with van der Waals surface area (Å²) in [5.74, 6) is -0.490. The first-order valence-electron chi connectivity index (χ1n) is 7.51. The van der Waals surface area contributed by atoms with Crippen LogP contribution in [0.4, 0.5) is 10.1 Å². The van der Waals surface area contributed by atoms with Crippen molar-refractivity contribution in [1.82, 2.24) is 0 Å². The van der Waals surface area contributed by atoms with E-state index in [1.165, 1.54) is 36.6 Å². The largest absolute Gasteiger partial charge is 0.323 e. The highest BCUT2D eigenvalue weighted by atomic mass is 19.1. The molecule has 0 atom stereocenters. The highest BCUT2D eigenvalue weighted by Gasteiger charge is 1.99. The number of hydrogen-bond acceptors (Lipinski definition) is 1. The van der Waals surface area contributed by atoms with E-state index in [-0.39, 0.29) is 11.7 Å². The number of anilines is 1. The Morgan fingerprint density at radius 3 is 2.41 bits per heavy atom. The smallest absolute Gasteiger partial charge is 0.248 e. The summed E-state index contributed by atoms with van der Waals surface area (Å²) in [5.41, 5.74) is 2.84. The molecule has 0 spiro atoms. The van der Waals surface area contributed by atoms with E-state index in [1.54, 1.807) is 18.2 Å². The summed E-state index contributed by atoms with van der Waals surface area (Å²) in [6.07, 6.45) is 6.51. The summed E-state index contributed by atoms with van der Waals surface area (Å²) in [4.78, 5) is 11.8. The standard InChI is InChI=1S/C19H20FNO/c1-2-3-4-15-7-12-18(13-8-15)21-19(22)14-9-16-5-10-17(20)11-6-16/h5-14H,2-4H2,1H3,(H,21,22)/b14-9+. The Labute approximate surface area is 130 Å². The van der Waals surface area contributed by atoms with Crippen LogP contribution < -0.4 is 5.32 Å². The van der Waals surface area contributed by atoms with Gasteiger partial charge in [-0.25, -0.2) is 4.39 Å². The fourth-order valence-corrected chi connectivity index (χ4v) is 2.07. The van der Waals surface area contributed by atoms with E-state index < -0.39 is 0 Å². The maximum Gasteiger partial charge on any atom is 0.248 e. The van der Waals surface area contributed by atoms with Gasteiger partial charge in [0.05, 0.1) is 0 Å². The number of aryl methyl sites for hydroxylation is 1. The van der Waals surface area contributed by atoms with E-state index in [0.717, 1.165) is 17.7 Å². The number of carbonyl (C=O) groups is 1. The fraction of sp³-hybridized carbons (Fsp3) is 0.211. The van der Waals surface area contributed by atoms with Gasteiger partial charge >= 0.3 is 0 Å². The lowest BCUT2D eigenvalue weighted by Crippen LogP contribution is -2.07. The Morgan fingerprint density at radius 1 is 1.09 bits per heavy atom. The lowest BCUT2D eigenvalue weighted by molar-refractivity contribution is -0.111. The van der Waals surface area contributed by atoms with Gasteiger partial charge in [0.1, 0.15) is 5.82 Å². The monoisotopic (exact) mass is 297 g/mol. The molecule has 2 rings (SSSR count). The van der Waals surface area contributed by atoms with Gasteiger partial charge in [-0.1, -0.05) is 37.6 Å². The highest BCUT2D eigenvalue weighted by Crippen LogP contribution is 2.12. The van der Waals surface area contributed by atoms with Gasteiger partial charge in [-0.15, -0.1) is 0 Å². The molecule has 0 fully saturated rings. The lowest BCUT2D eigenvalue weighted by atomic mass is 10.1. The number of halogens is 1. The van der Waals surface area contributed by atoms with Gasteiger partial charge in [-0.05, 0) is 54.3 Å². The number of amides is 1. The van der Waals surface area contributed by atoms with Crippen molar-refractivity contribution in [2.45, 2.75) is 26.2 Å². The number of nitrogens with one attached hydrogen (secondary N) is 1. The van der Waals surface area contributed by atoms with Gasteiger partial charge in [0.2, 0.25) is 5.91 Å². The minimum atomic E-state index is -0.287. The lowest BCUT2D eigenvalue weighted by Gasteiger charge is -2.04. The molecule has 2 aromatic carbocycles. The third kappa shape index (κ3) is 5.17. The highest BCUT2D eigenvalue weighted by molar-refractivity contribution is 6.01. The van der Waals surface area contributed by atoms with Crippen LogP contribution >= 0.6 is 0 Å². The maximum absolute atomic E-state index is 12.8. The van der Waals surface area contributed by atoms with Crippen LogP contribution in [-0.2, 0) is 11.2 Å². The van der Waals surface area contributed by atoms with Crippen LogP contribution in [0.1, 0.15) is 30.9 Å². The molecule has 0 saturated carbocycles. The summed E-state index contributed by atoms with van der Waals surface area (Å²) in [7, 11) is 0. The molecule has 114 valence electrons. The van der Waals surface area contributed by atoms with Gasteiger partial charge in [0, 0.05) is 11.8 Å². The average Bonchev–Trinajstić information content (AvgIpc) is 2.54. The Bertz CT molecular complexity index is 629. The van der Waals surface area contributed by atoms with Crippen molar-refractivity contribution in [1.29, 1.82) is 0 Å². The van der Waals surface area contributed by atoms with Gasteiger partial charge in [-0.2, -0.15) is 0 Å². The van der Waals surface area contributed by atoms with Crippen molar-refractivity contribution < 1.29 is 9.18 Å². The molecule has 0 radical (unpaired) electrons. The fourth-order valence-electron chi connectivity index (χ4n) is 2.07. The molecule has 0 aromatic heterocycles. The Hall–Kier alpha value is -2.42. The predicted molar refractivity (Wildman–Crippen MR) is 89.1 cm³/mol. The Balaban J connectivity index is 1.89. The van der Waals surface area contributed by atoms with Gasteiger partial charge in [0.15, 0.2) is 0 Å². The van der Waals surface area contributed by atoms with E-state index in [0.29, 0.717) is 0 Å². The second kappa shape index (κ2) is 8.13. The van der Waals surface area contributed by atoms with Crippen LogP contribution in [0, 0.1) is 5.82 Å². The summed E-state index contributed by atoms with van der Waals surface area (Å²) < 4.78 is 12.8. The molecule has 1 amide bonds. The molecule has 0 bridgehead atoms. The quantitative estimate of drug-likeness (QED) is 0.761. The molecule has 3 heteroatoms. The third-order valence-corrected chi connectivity index (χ3v) is 3.34. The summed E-state index contributed by atoms with van der Waals surface area (Å²) in [5, 5.41) is 2.81. The minimum absolute atomic E-state index is 0.203. The average molecular weight is 297 g/mol. The topological polar surface area (TPSA) is 29.1 Å². The molecule has 0 aliphatic rings. The normalized spacial score (nSPS) is 10.8. The molecule has 0 saturated heterocycles. The molecular weight excluding hydrogens is 277 g/mol.